The van der Waals surface area contributed by atoms with Crippen LogP contribution in [0.5, 0.6) is 0 Å². The van der Waals surface area contributed by atoms with Gasteiger partial charge in [0.15, 0.2) is 0 Å². The number of benzene rings is 2. The zero-order chi connectivity index (χ0) is 33.8. The highest BCUT2D eigenvalue weighted by Crippen LogP contribution is 2.41. The number of fused-ring (bicyclic) bond motifs is 1. The standard InChI is InChI=1S/C32H31F7N4O3/c1-18-11-22(33)5-6-23(18)24-15-27(43-8-7-42-9-10-46-17-26(42)28(43)44)40-16-25(24)41(4)29(45)30(2,3)19-12-20(31(34,35)36)14-21(13-19)32(37,38)39/h5-6,11-16,26H,7-10,17H2,1-4H3/t26-/m1/s1. The molecule has 0 spiro atoms. The van der Waals surface area contributed by atoms with Gasteiger partial charge in [-0.2, -0.15) is 26.3 Å². The summed E-state index contributed by atoms with van der Waals surface area (Å²) in [4.78, 5) is 36.5. The van der Waals surface area contributed by atoms with Crippen LogP contribution in [0.25, 0.3) is 11.1 Å². The number of hydrogen-bond donors (Lipinski definition) is 0. The fourth-order valence-electron chi connectivity index (χ4n) is 5.84. The summed E-state index contributed by atoms with van der Waals surface area (Å²) in [5.74, 6) is -1.33. The Labute approximate surface area is 260 Å². The summed E-state index contributed by atoms with van der Waals surface area (Å²) in [5, 5.41) is 0. The molecule has 2 amide bonds. The number of hydrogen-bond acceptors (Lipinski definition) is 5. The molecule has 0 unspecified atom stereocenters. The fourth-order valence-corrected chi connectivity index (χ4v) is 5.84. The van der Waals surface area contributed by atoms with Gasteiger partial charge in [-0.05, 0) is 73.9 Å². The quantitative estimate of drug-likeness (QED) is 0.307. The van der Waals surface area contributed by atoms with E-state index in [1.54, 1.807) is 13.0 Å². The van der Waals surface area contributed by atoms with Gasteiger partial charge in [0.2, 0.25) is 11.8 Å². The average molecular weight is 653 g/mol. The number of aromatic nitrogens is 1. The molecule has 14 heteroatoms. The van der Waals surface area contributed by atoms with Crippen molar-refractivity contribution in [1.29, 1.82) is 0 Å². The van der Waals surface area contributed by atoms with Gasteiger partial charge in [-0.25, -0.2) is 9.37 Å². The Morgan fingerprint density at radius 3 is 2.15 bits per heavy atom. The summed E-state index contributed by atoms with van der Waals surface area (Å²) >= 11 is 0. The van der Waals surface area contributed by atoms with Gasteiger partial charge in [0.05, 0.1) is 41.6 Å². The van der Waals surface area contributed by atoms with E-state index >= 15 is 0 Å². The zero-order valence-electron chi connectivity index (χ0n) is 25.4. The first-order valence-electron chi connectivity index (χ1n) is 14.4. The van der Waals surface area contributed by atoms with Crippen molar-refractivity contribution in [3.05, 3.63) is 76.7 Å². The number of ether oxygens (including phenoxy) is 1. The smallest absolute Gasteiger partial charge is 0.378 e. The summed E-state index contributed by atoms with van der Waals surface area (Å²) in [5.41, 5.74) is -4.00. The number of carbonyl (C=O) groups excluding carboxylic acids is 2. The molecule has 3 aromatic rings. The summed E-state index contributed by atoms with van der Waals surface area (Å²) in [6, 6.07) is 6.11. The number of carbonyl (C=O) groups is 2. The number of likely N-dealkylation sites (N-methyl/N-ethyl adjacent to an activating group) is 1. The lowest BCUT2D eigenvalue weighted by molar-refractivity contribution is -0.143. The van der Waals surface area contributed by atoms with Gasteiger partial charge < -0.3 is 9.64 Å². The Morgan fingerprint density at radius 1 is 0.913 bits per heavy atom. The van der Waals surface area contributed by atoms with Crippen LogP contribution >= 0.6 is 0 Å². The lowest BCUT2D eigenvalue weighted by atomic mass is 9.81. The van der Waals surface area contributed by atoms with E-state index < -0.39 is 52.2 Å². The molecule has 0 aliphatic carbocycles. The van der Waals surface area contributed by atoms with Crippen molar-refractivity contribution in [1.82, 2.24) is 9.88 Å². The van der Waals surface area contributed by atoms with Gasteiger partial charge in [-0.15, -0.1) is 0 Å². The Hall–Kier alpha value is -4.04. The minimum atomic E-state index is -5.10. The maximum absolute atomic E-state index is 14.1. The molecule has 3 heterocycles. The molecule has 46 heavy (non-hydrogen) atoms. The molecular formula is C32H31F7N4O3. The van der Waals surface area contributed by atoms with Crippen LogP contribution in [0, 0.1) is 12.7 Å². The molecule has 2 fully saturated rings. The number of piperazine rings is 1. The van der Waals surface area contributed by atoms with Crippen molar-refractivity contribution in [3.63, 3.8) is 0 Å². The highest BCUT2D eigenvalue weighted by Gasteiger charge is 2.42. The Balaban J connectivity index is 1.58. The van der Waals surface area contributed by atoms with E-state index in [4.69, 9.17) is 4.74 Å². The Kier molecular flexibility index (Phi) is 8.66. The van der Waals surface area contributed by atoms with Crippen LogP contribution in [-0.2, 0) is 32.1 Å². The molecule has 5 rings (SSSR count). The molecule has 0 N–H and O–H groups in total. The maximum Gasteiger partial charge on any atom is 0.416 e. The fraction of sp³-hybridized carbons (Fsp3) is 0.406. The van der Waals surface area contributed by atoms with Crippen molar-refractivity contribution in [3.8, 4) is 11.1 Å². The van der Waals surface area contributed by atoms with E-state index in [0.717, 1.165) is 4.90 Å². The monoisotopic (exact) mass is 652 g/mol. The largest absolute Gasteiger partial charge is 0.416 e. The van der Waals surface area contributed by atoms with Gasteiger partial charge in [0.25, 0.3) is 0 Å². The second-order valence-electron chi connectivity index (χ2n) is 11.9. The second-order valence-corrected chi connectivity index (χ2v) is 11.9. The minimum absolute atomic E-state index is 0.00633. The molecule has 0 bridgehead atoms. The van der Waals surface area contributed by atoms with Crippen LogP contribution in [0.1, 0.15) is 36.1 Å². The Morgan fingerprint density at radius 2 is 1.54 bits per heavy atom. The zero-order valence-corrected chi connectivity index (χ0v) is 25.4. The minimum Gasteiger partial charge on any atom is -0.378 e. The first kappa shape index (κ1) is 33.3. The van der Waals surface area contributed by atoms with Crippen molar-refractivity contribution in [2.24, 2.45) is 0 Å². The lowest BCUT2D eigenvalue weighted by Gasteiger charge is -2.42. The van der Waals surface area contributed by atoms with Crippen LogP contribution in [0.3, 0.4) is 0 Å². The highest BCUT2D eigenvalue weighted by atomic mass is 19.4. The van der Waals surface area contributed by atoms with E-state index in [1.165, 1.54) is 50.2 Å². The van der Waals surface area contributed by atoms with E-state index in [1.807, 2.05) is 4.90 Å². The second kappa shape index (κ2) is 12.0. The van der Waals surface area contributed by atoms with Crippen molar-refractivity contribution < 1.29 is 45.1 Å². The van der Waals surface area contributed by atoms with Gasteiger partial charge in [0.1, 0.15) is 17.7 Å². The number of alkyl halides is 6. The third-order valence-electron chi connectivity index (χ3n) is 8.53. The number of pyridine rings is 1. The molecule has 0 saturated carbocycles. The van der Waals surface area contributed by atoms with Gasteiger partial charge in [-0.1, -0.05) is 6.07 Å². The first-order valence-corrected chi connectivity index (χ1v) is 14.4. The van der Waals surface area contributed by atoms with E-state index in [0.29, 0.717) is 55.1 Å². The molecule has 246 valence electrons. The SMILES string of the molecule is Cc1cc(F)ccc1-c1cc(N2CCN3CCOC[C@@H]3C2=O)ncc1N(C)C(=O)C(C)(C)c1cc(C(F)(F)F)cc(C(F)(F)F)c1. The van der Waals surface area contributed by atoms with Crippen LogP contribution in [0.15, 0.2) is 48.7 Å². The predicted molar refractivity (Wildman–Crippen MR) is 156 cm³/mol. The van der Waals surface area contributed by atoms with Crippen LogP contribution in [-0.4, -0.2) is 67.6 Å². The molecule has 1 aromatic heterocycles. The van der Waals surface area contributed by atoms with Crippen LogP contribution in [0.4, 0.5) is 42.2 Å². The highest BCUT2D eigenvalue weighted by molar-refractivity contribution is 6.04. The number of halogens is 7. The predicted octanol–water partition coefficient (Wildman–Crippen LogP) is 6.22. The van der Waals surface area contributed by atoms with E-state index in [-0.39, 0.29) is 30.1 Å². The third kappa shape index (κ3) is 6.32. The molecule has 2 aliphatic heterocycles. The van der Waals surface area contributed by atoms with Crippen molar-refractivity contribution >= 4 is 23.3 Å². The normalized spacial score (nSPS) is 18.0. The molecule has 2 aliphatic rings. The van der Waals surface area contributed by atoms with Gasteiger partial charge in [0, 0.05) is 32.2 Å². The van der Waals surface area contributed by atoms with Crippen LogP contribution in [0.2, 0.25) is 0 Å². The van der Waals surface area contributed by atoms with Gasteiger partial charge in [-0.3, -0.25) is 19.4 Å². The van der Waals surface area contributed by atoms with Crippen LogP contribution < -0.4 is 9.80 Å². The first-order chi connectivity index (χ1) is 21.4. The summed E-state index contributed by atoms with van der Waals surface area (Å²) in [6.45, 7) is 6.33. The molecule has 0 radical (unpaired) electrons. The number of nitrogens with zero attached hydrogens (tertiary/aromatic N) is 4. The average Bonchev–Trinajstić information content (AvgIpc) is 2.99. The lowest BCUT2D eigenvalue weighted by Crippen LogP contribution is -2.61. The summed E-state index contributed by atoms with van der Waals surface area (Å²) in [6.07, 6.45) is -8.88. The topological polar surface area (TPSA) is 66.0 Å². The van der Waals surface area contributed by atoms with Crippen molar-refractivity contribution in [2.75, 3.05) is 49.7 Å². The number of amides is 2. The number of anilines is 2. The summed E-state index contributed by atoms with van der Waals surface area (Å²) < 4.78 is 101. The molecule has 7 nitrogen and oxygen atoms in total. The maximum atomic E-state index is 14.1. The Bertz CT molecular complexity index is 1640. The van der Waals surface area contributed by atoms with E-state index in [9.17, 15) is 40.3 Å². The molecule has 1 atom stereocenters. The molecule has 2 aromatic carbocycles. The molecule has 2 saturated heterocycles. The molecular weight excluding hydrogens is 621 g/mol. The number of morpholine rings is 1. The summed E-state index contributed by atoms with van der Waals surface area (Å²) in [7, 11) is 1.32. The van der Waals surface area contributed by atoms with E-state index in [2.05, 4.69) is 4.98 Å². The number of rotatable bonds is 5. The van der Waals surface area contributed by atoms with Gasteiger partial charge >= 0.3 is 12.4 Å². The number of aryl methyl sites for hydroxylation is 1. The third-order valence-corrected chi connectivity index (χ3v) is 8.53. The van der Waals surface area contributed by atoms with Crippen molar-refractivity contribution in [2.45, 2.75) is 44.6 Å².